The predicted octanol–water partition coefficient (Wildman–Crippen LogP) is 4.46. The largest absolute Gasteiger partial charge is 0.354 e. The van der Waals surface area contributed by atoms with Crippen LogP contribution in [0.25, 0.3) is 0 Å². The van der Waals surface area contributed by atoms with Crippen molar-refractivity contribution in [1.29, 1.82) is 0 Å². The molecule has 1 saturated heterocycles. The lowest BCUT2D eigenvalue weighted by molar-refractivity contribution is 0.0756. The zero-order valence-electron chi connectivity index (χ0n) is 14.5. The van der Waals surface area contributed by atoms with Crippen LogP contribution < -0.4 is 5.32 Å². The lowest BCUT2D eigenvalue weighted by atomic mass is 10.1. The number of likely N-dealkylation sites (tertiary alicyclic amines) is 1. The van der Waals surface area contributed by atoms with Gasteiger partial charge >= 0.3 is 0 Å². The molecule has 126 valence electrons. The van der Waals surface area contributed by atoms with Crippen molar-refractivity contribution in [3.63, 3.8) is 0 Å². The average molecular weight is 323 g/mol. The monoisotopic (exact) mass is 323 g/mol. The van der Waals surface area contributed by atoms with Gasteiger partial charge < -0.3 is 10.2 Å². The highest BCUT2D eigenvalue weighted by molar-refractivity contribution is 5.92. The molecule has 0 spiro atoms. The van der Waals surface area contributed by atoms with Crippen LogP contribution in [0.1, 0.15) is 47.3 Å². The van der Waals surface area contributed by atoms with E-state index in [0.717, 1.165) is 37.3 Å². The lowest BCUT2D eigenvalue weighted by Gasteiger charge is -2.19. The van der Waals surface area contributed by atoms with Crippen molar-refractivity contribution in [2.75, 3.05) is 18.4 Å². The molecule has 1 aliphatic heterocycles. The van der Waals surface area contributed by atoms with Crippen molar-refractivity contribution in [1.82, 2.24) is 9.88 Å². The van der Waals surface area contributed by atoms with Crippen LogP contribution in [0.3, 0.4) is 0 Å². The molecule has 0 atom stereocenters. The third-order valence-electron chi connectivity index (χ3n) is 4.76. The first kappa shape index (κ1) is 16.5. The maximum absolute atomic E-state index is 12.6. The van der Waals surface area contributed by atoms with Gasteiger partial charge in [-0.1, -0.05) is 25.0 Å². The van der Waals surface area contributed by atoms with E-state index in [1.54, 1.807) is 6.20 Å². The molecule has 1 aromatic carbocycles. The summed E-state index contributed by atoms with van der Waals surface area (Å²) in [4.78, 5) is 18.9. The SMILES string of the molecule is Cc1cccc(Nc2ccc(C(=O)N3CCCCCC3)nc2)c1C. The van der Waals surface area contributed by atoms with Gasteiger partial charge in [0.1, 0.15) is 5.69 Å². The number of hydrogen-bond donors (Lipinski definition) is 1. The summed E-state index contributed by atoms with van der Waals surface area (Å²) in [6, 6.07) is 9.94. The van der Waals surface area contributed by atoms with Crippen molar-refractivity contribution in [2.45, 2.75) is 39.5 Å². The number of amides is 1. The van der Waals surface area contributed by atoms with E-state index in [1.807, 2.05) is 23.1 Å². The first-order valence-corrected chi connectivity index (χ1v) is 8.74. The summed E-state index contributed by atoms with van der Waals surface area (Å²) in [6.45, 7) is 5.90. The summed E-state index contributed by atoms with van der Waals surface area (Å²) >= 11 is 0. The molecule has 1 aliphatic rings. The first-order valence-electron chi connectivity index (χ1n) is 8.74. The zero-order valence-corrected chi connectivity index (χ0v) is 14.5. The average Bonchev–Trinajstić information content (AvgIpc) is 2.88. The van der Waals surface area contributed by atoms with Crippen molar-refractivity contribution in [2.24, 2.45) is 0 Å². The second-order valence-corrected chi connectivity index (χ2v) is 6.51. The molecule has 0 aliphatic carbocycles. The third-order valence-corrected chi connectivity index (χ3v) is 4.76. The van der Waals surface area contributed by atoms with Crippen LogP contribution in [0, 0.1) is 13.8 Å². The molecule has 0 radical (unpaired) electrons. The molecule has 1 N–H and O–H groups in total. The minimum absolute atomic E-state index is 0.0511. The number of hydrogen-bond acceptors (Lipinski definition) is 3. The minimum Gasteiger partial charge on any atom is -0.354 e. The Morgan fingerprint density at radius 1 is 1.04 bits per heavy atom. The van der Waals surface area contributed by atoms with E-state index in [2.05, 4.69) is 36.3 Å². The van der Waals surface area contributed by atoms with Crippen molar-refractivity contribution in [3.05, 3.63) is 53.3 Å². The summed E-state index contributed by atoms with van der Waals surface area (Å²) in [5.74, 6) is 0.0511. The number of carbonyl (C=O) groups excluding carboxylic acids is 1. The van der Waals surface area contributed by atoms with Crippen LogP contribution >= 0.6 is 0 Å². The highest BCUT2D eigenvalue weighted by atomic mass is 16.2. The van der Waals surface area contributed by atoms with E-state index in [1.165, 1.54) is 24.0 Å². The topological polar surface area (TPSA) is 45.2 Å². The van der Waals surface area contributed by atoms with E-state index in [-0.39, 0.29) is 5.91 Å². The number of nitrogens with one attached hydrogen (secondary N) is 1. The molecule has 1 fully saturated rings. The highest BCUT2D eigenvalue weighted by Crippen LogP contribution is 2.22. The van der Waals surface area contributed by atoms with Gasteiger partial charge in [0.2, 0.25) is 0 Å². The van der Waals surface area contributed by atoms with Gasteiger partial charge in [-0.3, -0.25) is 4.79 Å². The number of anilines is 2. The standard InChI is InChI=1S/C20H25N3O/c1-15-8-7-9-18(16(15)2)22-17-10-11-19(21-14-17)20(24)23-12-5-3-4-6-13-23/h7-11,14,22H,3-6,12-13H2,1-2H3. The molecule has 2 heterocycles. The van der Waals surface area contributed by atoms with E-state index >= 15 is 0 Å². The minimum atomic E-state index is 0.0511. The number of benzene rings is 1. The van der Waals surface area contributed by atoms with Gasteiger partial charge in [-0.05, 0) is 56.0 Å². The van der Waals surface area contributed by atoms with Gasteiger partial charge in [0.05, 0.1) is 11.9 Å². The summed E-state index contributed by atoms with van der Waals surface area (Å²) in [5.41, 5.74) is 4.98. The van der Waals surface area contributed by atoms with Gasteiger partial charge in [-0.15, -0.1) is 0 Å². The Hall–Kier alpha value is -2.36. The summed E-state index contributed by atoms with van der Waals surface area (Å²) in [6.07, 6.45) is 6.37. The van der Waals surface area contributed by atoms with Gasteiger partial charge in [0.25, 0.3) is 5.91 Å². The molecule has 24 heavy (non-hydrogen) atoms. The van der Waals surface area contributed by atoms with Gasteiger partial charge in [0, 0.05) is 18.8 Å². The molecular formula is C20H25N3O. The molecule has 1 amide bonds. The van der Waals surface area contributed by atoms with Gasteiger partial charge in [-0.25, -0.2) is 4.98 Å². The van der Waals surface area contributed by atoms with Crippen LogP contribution in [0.4, 0.5) is 11.4 Å². The number of carbonyl (C=O) groups is 1. The Morgan fingerprint density at radius 3 is 2.46 bits per heavy atom. The first-order chi connectivity index (χ1) is 11.6. The molecule has 0 bridgehead atoms. The van der Waals surface area contributed by atoms with E-state index in [0.29, 0.717) is 5.69 Å². The second kappa shape index (κ2) is 7.47. The number of nitrogens with zero attached hydrogens (tertiary/aromatic N) is 2. The number of pyridine rings is 1. The Bertz CT molecular complexity index is 701. The van der Waals surface area contributed by atoms with E-state index < -0.39 is 0 Å². The Morgan fingerprint density at radius 2 is 1.79 bits per heavy atom. The fraction of sp³-hybridized carbons (Fsp3) is 0.400. The van der Waals surface area contributed by atoms with Crippen LogP contribution in [0.2, 0.25) is 0 Å². The molecule has 4 heteroatoms. The molecule has 2 aromatic rings. The van der Waals surface area contributed by atoms with Crippen molar-refractivity contribution < 1.29 is 4.79 Å². The van der Waals surface area contributed by atoms with Gasteiger partial charge in [0.15, 0.2) is 0 Å². The molecule has 0 unspecified atom stereocenters. The Kier molecular flexibility index (Phi) is 5.14. The number of aryl methyl sites for hydroxylation is 1. The summed E-state index contributed by atoms with van der Waals surface area (Å²) in [5, 5.41) is 3.38. The van der Waals surface area contributed by atoms with Crippen LogP contribution in [0.5, 0.6) is 0 Å². The molecule has 4 nitrogen and oxygen atoms in total. The van der Waals surface area contributed by atoms with Crippen LogP contribution in [-0.4, -0.2) is 28.9 Å². The van der Waals surface area contributed by atoms with Crippen LogP contribution in [-0.2, 0) is 0 Å². The maximum atomic E-state index is 12.6. The lowest BCUT2D eigenvalue weighted by Crippen LogP contribution is -2.32. The predicted molar refractivity (Wildman–Crippen MR) is 97.8 cm³/mol. The zero-order chi connectivity index (χ0) is 16.9. The second-order valence-electron chi connectivity index (χ2n) is 6.51. The van der Waals surface area contributed by atoms with Crippen molar-refractivity contribution in [3.8, 4) is 0 Å². The van der Waals surface area contributed by atoms with Gasteiger partial charge in [-0.2, -0.15) is 0 Å². The smallest absolute Gasteiger partial charge is 0.272 e. The summed E-state index contributed by atoms with van der Waals surface area (Å²) in [7, 11) is 0. The van der Waals surface area contributed by atoms with E-state index in [4.69, 9.17) is 0 Å². The molecule has 3 rings (SSSR count). The molecule has 0 saturated carbocycles. The van der Waals surface area contributed by atoms with Crippen LogP contribution in [0.15, 0.2) is 36.5 Å². The number of aromatic nitrogens is 1. The quantitative estimate of drug-likeness (QED) is 0.907. The van der Waals surface area contributed by atoms with Crippen molar-refractivity contribution >= 4 is 17.3 Å². The Labute approximate surface area is 143 Å². The fourth-order valence-electron chi connectivity index (χ4n) is 3.07. The fourth-order valence-corrected chi connectivity index (χ4v) is 3.07. The molecule has 1 aromatic heterocycles. The highest BCUT2D eigenvalue weighted by Gasteiger charge is 2.18. The van der Waals surface area contributed by atoms with E-state index in [9.17, 15) is 4.79 Å². The molecular weight excluding hydrogens is 298 g/mol. The third kappa shape index (κ3) is 3.75. The summed E-state index contributed by atoms with van der Waals surface area (Å²) < 4.78 is 0. The normalized spacial score (nSPS) is 15.0. The number of rotatable bonds is 3. The Balaban J connectivity index is 1.71. The maximum Gasteiger partial charge on any atom is 0.272 e.